The lowest BCUT2D eigenvalue weighted by molar-refractivity contribution is 0.0809. The number of Topliss-reactive ketones (excluding diaryl/α,β-unsaturated/α-hetero) is 1. The zero-order chi connectivity index (χ0) is 20.1. The molecule has 6 heteroatoms. The van der Waals surface area contributed by atoms with Crippen molar-refractivity contribution >= 4 is 5.78 Å². The predicted molar refractivity (Wildman–Crippen MR) is 107 cm³/mol. The van der Waals surface area contributed by atoms with Crippen molar-refractivity contribution in [3.05, 3.63) is 47.5 Å². The fraction of sp³-hybridized carbons (Fsp3) is 0.409. The molecule has 2 aromatic rings. The summed E-state index contributed by atoms with van der Waals surface area (Å²) in [6, 6.07) is 10.6. The number of phenols is 1. The lowest BCUT2D eigenvalue weighted by Crippen LogP contribution is -2.38. The quantitative estimate of drug-likeness (QED) is 0.736. The van der Waals surface area contributed by atoms with E-state index in [-0.39, 0.29) is 17.5 Å². The smallest absolute Gasteiger partial charge is 0.167 e. The fourth-order valence-corrected chi connectivity index (χ4v) is 3.77. The molecule has 0 aliphatic carbocycles. The van der Waals surface area contributed by atoms with Gasteiger partial charge in [0.1, 0.15) is 11.5 Å². The molecule has 1 saturated heterocycles. The van der Waals surface area contributed by atoms with Crippen LogP contribution in [0.5, 0.6) is 23.0 Å². The van der Waals surface area contributed by atoms with E-state index in [1.54, 1.807) is 51.7 Å². The molecule has 1 fully saturated rings. The van der Waals surface area contributed by atoms with Crippen LogP contribution in [-0.4, -0.2) is 50.2 Å². The summed E-state index contributed by atoms with van der Waals surface area (Å²) < 4.78 is 16.0. The first-order chi connectivity index (χ1) is 13.6. The number of hydrogen-bond acceptors (Lipinski definition) is 6. The summed E-state index contributed by atoms with van der Waals surface area (Å²) in [6.07, 6.45) is 1.78. The van der Waals surface area contributed by atoms with E-state index >= 15 is 0 Å². The van der Waals surface area contributed by atoms with Gasteiger partial charge in [-0.05, 0) is 49.7 Å². The van der Waals surface area contributed by atoms with Crippen LogP contribution in [-0.2, 0) is 6.54 Å². The molecule has 0 radical (unpaired) electrons. The van der Waals surface area contributed by atoms with Crippen LogP contribution in [0.1, 0.15) is 28.8 Å². The van der Waals surface area contributed by atoms with E-state index in [4.69, 9.17) is 14.2 Å². The number of likely N-dealkylation sites (tertiary alicyclic amines) is 1. The summed E-state index contributed by atoms with van der Waals surface area (Å²) in [5.74, 6) is 2.05. The van der Waals surface area contributed by atoms with Crippen molar-refractivity contribution in [2.24, 2.45) is 5.92 Å². The minimum atomic E-state index is -0.0938. The fourth-order valence-electron chi connectivity index (χ4n) is 3.77. The number of nitrogens with zero attached hydrogens (tertiary/aromatic N) is 1. The van der Waals surface area contributed by atoms with Crippen LogP contribution in [0, 0.1) is 5.92 Å². The number of piperidine rings is 1. The molecular weight excluding hydrogens is 358 g/mol. The van der Waals surface area contributed by atoms with Gasteiger partial charge in [-0.3, -0.25) is 9.69 Å². The Balaban J connectivity index is 1.74. The molecule has 150 valence electrons. The van der Waals surface area contributed by atoms with Gasteiger partial charge in [0.15, 0.2) is 17.3 Å². The Hall–Kier alpha value is -2.73. The van der Waals surface area contributed by atoms with E-state index in [9.17, 15) is 9.90 Å². The van der Waals surface area contributed by atoms with Crippen molar-refractivity contribution in [3.8, 4) is 23.0 Å². The number of benzene rings is 2. The van der Waals surface area contributed by atoms with Crippen LogP contribution >= 0.6 is 0 Å². The molecule has 0 spiro atoms. The number of carbonyl (C=O) groups excluding carboxylic acids is 1. The maximum absolute atomic E-state index is 13.1. The second-order valence-corrected chi connectivity index (χ2v) is 6.97. The molecule has 0 aromatic heterocycles. The number of phenolic OH excluding ortho intramolecular Hbond substituents is 1. The summed E-state index contributed by atoms with van der Waals surface area (Å²) in [5, 5.41) is 10.2. The van der Waals surface area contributed by atoms with Gasteiger partial charge in [0.25, 0.3) is 0 Å². The lowest BCUT2D eigenvalue weighted by atomic mass is 9.89. The van der Waals surface area contributed by atoms with Crippen molar-refractivity contribution in [2.75, 3.05) is 34.4 Å². The predicted octanol–water partition coefficient (Wildman–Crippen LogP) is 3.51. The normalized spacial score (nSPS) is 17.2. The van der Waals surface area contributed by atoms with E-state index in [0.29, 0.717) is 35.9 Å². The van der Waals surface area contributed by atoms with Gasteiger partial charge in [0.05, 0.1) is 21.3 Å². The van der Waals surface area contributed by atoms with E-state index in [1.165, 1.54) is 0 Å². The minimum Gasteiger partial charge on any atom is -0.507 e. The molecule has 1 heterocycles. The zero-order valence-corrected chi connectivity index (χ0v) is 16.6. The van der Waals surface area contributed by atoms with Crippen molar-refractivity contribution in [2.45, 2.75) is 19.4 Å². The number of methoxy groups -OCH3 is 3. The van der Waals surface area contributed by atoms with E-state index in [2.05, 4.69) is 4.90 Å². The third-order valence-electron chi connectivity index (χ3n) is 5.25. The Kier molecular flexibility index (Phi) is 6.41. The molecule has 1 aliphatic rings. The van der Waals surface area contributed by atoms with Gasteiger partial charge in [-0.2, -0.15) is 0 Å². The number of carbonyl (C=O) groups is 1. The molecule has 0 amide bonds. The van der Waals surface area contributed by atoms with Crippen molar-refractivity contribution in [3.63, 3.8) is 0 Å². The second-order valence-electron chi connectivity index (χ2n) is 6.97. The van der Waals surface area contributed by atoms with Crippen LogP contribution in [0.15, 0.2) is 36.4 Å². The van der Waals surface area contributed by atoms with Crippen molar-refractivity contribution in [1.29, 1.82) is 0 Å². The monoisotopic (exact) mass is 385 g/mol. The molecule has 1 aliphatic heterocycles. The molecule has 6 nitrogen and oxygen atoms in total. The Labute approximate surface area is 165 Å². The Morgan fingerprint density at radius 2 is 1.82 bits per heavy atom. The van der Waals surface area contributed by atoms with Crippen LogP contribution in [0.25, 0.3) is 0 Å². The molecule has 2 aromatic carbocycles. The summed E-state index contributed by atoms with van der Waals surface area (Å²) in [5.41, 5.74) is 1.38. The number of aromatic hydroxyl groups is 1. The summed E-state index contributed by atoms with van der Waals surface area (Å²) >= 11 is 0. The van der Waals surface area contributed by atoms with Gasteiger partial charge in [-0.15, -0.1) is 0 Å². The number of ketones is 1. The maximum Gasteiger partial charge on any atom is 0.167 e. The SMILES string of the molecule is COc1ccc(C(=O)[C@H]2CCCN(Cc3c(O)cccc3OC)C2)cc1OC. The summed E-state index contributed by atoms with van der Waals surface area (Å²) in [6.45, 7) is 2.07. The molecular formula is C22H27NO5. The topological polar surface area (TPSA) is 68.2 Å². The molecule has 3 rings (SSSR count). The van der Waals surface area contributed by atoms with Crippen molar-refractivity contribution in [1.82, 2.24) is 4.90 Å². The zero-order valence-electron chi connectivity index (χ0n) is 16.6. The first-order valence-electron chi connectivity index (χ1n) is 9.40. The molecule has 1 atom stereocenters. The van der Waals surface area contributed by atoms with Crippen LogP contribution in [0.4, 0.5) is 0 Å². The molecule has 28 heavy (non-hydrogen) atoms. The minimum absolute atomic E-state index is 0.0938. The summed E-state index contributed by atoms with van der Waals surface area (Å²) in [7, 11) is 4.73. The molecule has 0 unspecified atom stereocenters. The Morgan fingerprint density at radius 3 is 2.54 bits per heavy atom. The van der Waals surface area contributed by atoms with Crippen LogP contribution in [0.2, 0.25) is 0 Å². The number of ether oxygens (including phenoxy) is 3. The van der Waals surface area contributed by atoms with Gasteiger partial charge >= 0.3 is 0 Å². The molecule has 1 N–H and O–H groups in total. The van der Waals surface area contributed by atoms with E-state index in [0.717, 1.165) is 24.9 Å². The van der Waals surface area contributed by atoms with Crippen LogP contribution < -0.4 is 14.2 Å². The lowest BCUT2D eigenvalue weighted by Gasteiger charge is -2.32. The van der Waals surface area contributed by atoms with E-state index < -0.39 is 0 Å². The van der Waals surface area contributed by atoms with Gasteiger partial charge in [-0.1, -0.05) is 6.07 Å². The molecule has 0 bridgehead atoms. The summed E-state index contributed by atoms with van der Waals surface area (Å²) in [4.78, 5) is 15.3. The first-order valence-corrected chi connectivity index (χ1v) is 9.40. The van der Waals surface area contributed by atoms with E-state index in [1.807, 2.05) is 6.07 Å². The van der Waals surface area contributed by atoms with Crippen LogP contribution in [0.3, 0.4) is 0 Å². The van der Waals surface area contributed by atoms with Gasteiger partial charge in [0, 0.05) is 30.1 Å². The molecule has 0 saturated carbocycles. The largest absolute Gasteiger partial charge is 0.507 e. The van der Waals surface area contributed by atoms with Crippen molar-refractivity contribution < 1.29 is 24.1 Å². The highest BCUT2D eigenvalue weighted by Crippen LogP contribution is 2.32. The highest BCUT2D eigenvalue weighted by molar-refractivity contribution is 5.98. The Morgan fingerprint density at radius 1 is 1.07 bits per heavy atom. The Bertz CT molecular complexity index is 836. The number of hydrogen-bond donors (Lipinski definition) is 1. The highest BCUT2D eigenvalue weighted by atomic mass is 16.5. The maximum atomic E-state index is 13.1. The standard InChI is InChI=1S/C22H27NO5/c1-26-19-8-4-7-18(24)17(19)14-23-11-5-6-16(13-23)22(25)15-9-10-20(27-2)21(12-15)28-3/h4,7-10,12,16,24H,5-6,11,13-14H2,1-3H3/t16-/m0/s1. The number of rotatable bonds is 7. The first kappa shape index (κ1) is 20.0. The van der Waals surface area contributed by atoms with Gasteiger partial charge < -0.3 is 19.3 Å². The van der Waals surface area contributed by atoms with Gasteiger partial charge in [0.2, 0.25) is 0 Å². The second kappa shape index (κ2) is 8.97. The average Bonchev–Trinajstić information content (AvgIpc) is 2.74. The van der Waals surface area contributed by atoms with Gasteiger partial charge in [-0.25, -0.2) is 0 Å². The highest BCUT2D eigenvalue weighted by Gasteiger charge is 2.28. The third kappa shape index (κ3) is 4.22. The third-order valence-corrected chi connectivity index (χ3v) is 5.25. The average molecular weight is 385 g/mol.